The lowest BCUT2D eigenvalue weighted by Gasteiger charge is -2.40. The molecule has 2 atom stereocenters. The molecular formula is C25H19BrF3N3O. The lowest BCUT2D eigenvalue weighted by Crippen LogP contribution is -2.57. The van der Waals surface area contributed by atoms with E-state index in [1.807, 2.05) is 6.07 Å². The predicted octanol–water partition coefficient (Wildman–Crippen LogP) is 7.14. The molecule has 0 N–H and O–H groups in total. The van der Waals surface area contributed by atoms with Crippen LogP contribution in [0.25, 0.3) is 0 Å². The minimum absolute atomic E-state index is 0.0658. The number of carbonyl (C=O) groups is 1. The zero-order chi connectivity index (χ0) is 24.0. The lowest BCUT2D eigenvalue weighted by atomic mass is 9.84. The van der Waals surface area contributed by atoms with Gasteiger partial charge < -0.3 is 0 Å². The maximum absolute atomic E-state index is 14.9. The topological polar surface area (TPSA) is 47.3 Å². The van der Waals surface area contributed by atoms with Gasteiger partial charge >= 0.3 is 12.2 Å². The number of hydrogen-bond acceptors (Lipinski definition) is 2. The SMILES string of the molecule is Cc1cccc([C@H]2N(c3ccc(Br)cc3)C(=O)N(c3ccc(C#N)cc3)[C@@]2(C)C(F)(F)F)c1. The molecule has 3 aromatic carbocycles. The Hall–Kier alpha value is -3.31. The number of alkyl halides is 3. The molecule has 4 rings (SSSR count). The number of aryl methyl sites for hydroxylation is 1. The van der Waals surface area contributed by atoms with E-state index >= 15 is 0 Å². The summed E-state index contributed by atoms with van der Waals surface area (Å²) in [5, 5.41) is 9.08. The van der Waals surface area contributed by atoms with E-state index in [0.29, 0.717) is 16.8 Å². The van der Waals surface area contributed by atoms with Gasteiger partial charge in [-0.1, -0.05) is 45.8 Å². The van der Waals surface area contributed by atoms with Gasteiger partial charge in [0.2, 0.25) is 0 Å². The molecule has 8 heteroatoms. The average molecular weight is 514 g/mol. The van der Waals surface area contributed by atoms with Crippen LogP contribution in [0.4, 0.5) is 29.3 Å². The summed E-state index contributed by atoms with van der Waals surface area (Å²) in [5.41, 5.74) is -0.713. The molecule has 0 aliphatic carbocycles. The van der Waals surface area contributed by atoms with Gasteiger partial charge in [0.1, 0.15) is 0 Å². The zero-order valence-electron chi connectivity index (χ0n) is 17.8. The van der Waals surface area contributed by atoms with Crippen LogP contribution in [0.1, 0.15) is 29.7 Å². The molecule has 1 heterocycles. The highest BCUT2D eigenvalue weighted by Gasteiger charge is 2.69. The van der Waals surface area contributed by atoms with Gasteiger partial charge in [-0.3, -0.25) is 9.80 Å². The van der Waals surface area contributed by atoms with Gasteiger partial charge in [0.05, 0.1) is 17.7 Å². The van der Waals surface area contributed by atoms with Gasteiger partial charge in [-0.25, -0.2) is 4.79 Å². The second-order valence-electron chi connectivity index (χ2n) is 8.09. The Morgan fingerprint density at radius 1 is 1.00 bits per heavy atom. The highest BCUT2D eigenvalue weighted by molar-refractivity contribution is 9.10. The molecule has 0 unspecified atom stereocenters. The summed E-state index contributed by atoms with van der Waals surface area (Å²) < 4.78 is 45.5. The van der Waals surface area contributed by atoms with Crippen molar-refractivity contribution in [1.82, 2.24) is 0 Å². The summed E-state index contributed by atoms with van der Waals surface area (Å²) >= 11 is 3.33. The van der Waals surface area contributed by atoms with Crippen molar-refractivity contribution in [3.8, 4) is 6.07 Å². The van der Waals surface area contributed by atoms with E-state index in [-0.39, 0.29) is 5.69 Å². The third-order valence-electron chi connectivity index (χ3n) is 5.94. The molecule has 1 aliphatic rings. The molecule has 2 amide bonds. The highest BCUT2D eigenvalue weighted by Crippen LogP contribution is 2.54. The summed E-state index contributed by atoms with van der Waals surface area (Å²) in [4.78, 5) is 15.7. The van der Waals surface area contributed by atoms with E-state index in [1.165, 1.54) is 29.2 Å². The average Bonchev–Trinajstić information content (AvgIpc) is 3.02. The number of rotatable bonds is 3. The minimum Gasteiger partial charge on any atom is -0.284 e. The Labute approximate surface area is 198 Å². The quantitative estimate of drug-likeness (QED) is 0.373. The van der Waals surface area contributed by atoms with Gasteiger partial charge in [0.25, 0.3) is 0 Å². The fourth-order valence-corrected chi connectivity index (χ4v) is 4.58. The van der Waals surface area contributed by atoms with Gasteiger partial charge in [-0.15, -0.1) is 0 Å². The van der Waals surface area contributed by atoms with Crippen LogP contribution in [0.15, 0.2) is 77.3 Å². The zero-order valence-corrected chi connectivity index (χ0v) is 19.4. The molecule has 0 radical (unpaired) electrons. The second kappa shape index (κ2) is 8.23. The summed E-state index contributed by atoms with van der Waals surface area (Å²) in [5.74, 6) is 0. The molecule has 1 saturated heterocycles. The summed E-state index contributed by atoms with van der Waals surface area (Å²) in [6, 6.07) is 18.7. The number of amides is 2. The standard InChI is InChI=1S/C25H19BrF3N3O/c1-16-4-3-5-18(14-16)22-24(2,25(27,28)29)32(21-10-6-17(15-30)7-11-21)23(33)31(22)20-12-8-19(26)9-13-20/h3-14,22H,1-2H3/t22-,24-/m1/s1. The van der Waals surface area contributed by atoms with E-state index < -0.39 is 23.8 Å². The van der Waals surface area contributed by atoms with Crippen LogP contribution < -0.4 is 9.80 Å². The van der Waals surface area contributed by atoms with Gasteiger partial charge in [-0.2, -0.15) is 18.4 Å². The number of carbonyl (C=O) groups excluding carboxylic acids is 1. The van der Waals surface area contributed by atoms with E-state index in [1.54, 1.807) is 55.5 Å². The van der Waals surface area contributed by atoms with Gasteiger partial charge in [0.15, 0.2) is 5.54 Å². The summed E-state index contributed by atoms with van der Waals surface area (Å²) in [7, 11) is 0. The number of anilines is 2. The molecule has 3 aromatic rings. The second-order valence-corrected chi connectivity index (χ2v) is 9.00. The molecule has 0 saturated carbocycles. The molecule has 1 aliphatic heterocycles. The van der Waals surface area contributed by atoms with Crippen molar-refractivity contribution >= 4 is 33.3 Å². The van der Waals surface area contributed by atoms with E-state index in [4.69, 9.17) is 5.26 Å². The predicted molar refractivity (Wildman–Crippen MR) is 124 cm³/mol. The molecule has 4 nitrogen and oxygen atoms in total. The molecule has 0 aromatic heterocycles. The molecule has 0 spiro atoms. The lowest BCUT2D eigenvalue weighted by molar-refractivity contribution is -0.182. The van der Waals surface area contributed by atoms with Crippen molar-refractivity contribution in [2.24, 2.45) is 0 Å². The third-order valence-corrected chi connectivity index (χ3v) is 6.47. The number of hydrogen-bond donors (Lipinski definition) is 0. The first kappa shape index (κ1) is 22.9. The minimum atomic E-state index is -4.77. The number of halogens is 4. The van der Waals surface area contributed by atoms with Crippen LogP contribution in [0.3, 0.4) is 0 Å². The monoisotopic (exact) mass is 513 g/mol. The third kappa shape index (κ3) is 3.76. The van der Waals surface area contributed by atoms with E-state index in [2.05, 4.69) is 15.9 Å². The smallest absolute Gasteiger partial charge is 0.284 e. The Kier molecular flexibility index (Phi) is 5.71. The van der Waals surface area contributed by atoms with Crippen LogP contribution in [-0.4, -0.2) is 17.7 Å². The maximum atomic E-state index is 14.9. The molecule has 33 heavy (non-hydrogen) atoms. The van der Waals surface area contributed by atoms with Crippen molar-refractivity contribution in [3.05, 3.63) is 94.0 Å². The van der Waals surface area contributed by atoms with Crippen LogP contribution in [0.2, 0.25) is 0 Å². The van der Waals surface area contributed by atoms with Crippen LogP contribution >= 0.6 is 15.9 Å². The van der Waals surface area contributed by atoms with Crippen molar-refractivity contribution in [2.45, 2.75) is 31.6 Å². The largest absolute Gasteiger partial charge is 0.414 e. The molecule has 0 bridgehead atoms. The Morgan fingerprint density at radius 3 is 2.15 bits per heavy atom. The maximum Gasteiger partial charge on any atom is 0.414 e. The first-order valence-electron chi connectivity index (χ1n) is 10.1. The number of benzene rings is 3. The Bertz CT molecular complexity index is 1240. The number of urea groups is 1. The first-order valence-corrected chi connectivity index (χ1v) is 10.9. The van der Waals surface area contributed by atoms with Crippen LogP contribution in [0, 0.1) is 18.3 Å². The Morgan fingerprint density at radius 2 is 1.61 bits per heavy atom. The number of nitriles is 1. The van der Waals surface area contributed by atoms with Gasteiger partial charge in [-0.05, 0) is 67.9 Å². The van der Waals surface area contributed by atoms with E-state index in [9.17, 15) is 18.0 Å². The van der Waals surface area contributed by atoms with Gasteiger partial charge in [0, 0.05) is 15.8 Å². The van der Waals surface area contributed by atoms with Crippen molar-refractivity contribution in [1.29, 1.82) is 5.26 Å². The Balaban J connectivity index is 2.00. The first-order chi connectivity index (χ1) is 15.6. The summed E-state index contributed by atoms with van der Waals surface area (Å²) in [6.45, 7) is 2.85. The summed E-state index contributed by atoms with van der Waals surface area (Å²) in [6.07, 6.45) is -4.77. The van der Waals surface area contributed by atoms with Crippen LogP contribution in [0.5, 0.6) is 0 Å². The molecule has 168 valence electrons. The number of nitrogens with zero attached hydrogens (tertiary/aromatic N) is 3. The van der Waals surface area contributed by atoms with Crippen molar-refractivity contribution in [3.63, 3.8) is 0 Å². The highest BCUT2D eigenvalue weighted by atomic mass is 79.9. The fourth-order valence-electron chi connectivity index (χ4n) is 4.31. The van der Waals surface area contributed by atoms with Crippen molar-refractivity contribution in [2.75, 3.05) is 9.80 Å². The van der Waals surface area contributed by atoms with E-state index in [0.717, 1.165) is 21.9 Å². The normalized spacial score (nSPS) is 20.8. The fraction of sp³-hybridized carbons (Fsp3) is 0.200. The van der Waals surface area contributed by atoms with Crippen molar-refractivity contribution < 1.29 is 18.0 Å². The van der Waals surface area contributed by atoms with Crippen LogP contribution in [-0.2, 0) is 0 Å². The molecule has 1 fully saturated rings. The molecular weight excluding hydrogens is 495 g/mol.